The first-order valence-corrected chi connectivity index (χ1v) is 3.80. The Balaban J connectivity index is 0.000000561. The van der Waals surface area contributed by atoms with Crippen molar-refractivity contribution in [2.75, 3.05) is 0 Å². The Hall–Kier alpha value is -1.45. The molecule has 0 aliphatic carbocycles. The second-order valence-corrected chi connectivity index (χ2v) is 1.74. The predicted molar refractivity (Wildman–Crippen MR) is 51.7 cm³/mol. The van der Waals surface area contributed by atoms with E-state index in [4.69, 9.17) is 0 Å². The maximum absolute atomic E-state index is 3.95. The van der Waals surface area contributed by atoms with Crippen LogP contribution in [0.2, 0.25) is 0 Å². The van der Waals surface area contributed by atoms with Crippen LogP contribution >= 0.6 is 0 Å². The van der Waals surface area contributed by atoms with E-state index in [9.17, 15) is 0 Å². The number of aryl methyl sites for hydroxylation is 1. The van der Waals surface area contributed by atoms with Gasteiger partial charge in [-0.15, -0.1) is 0 Å². The van der Waals surface area contributed by atoms with Gasteiger partial charge in [0.05, 0.1) is 0 Å². The normalized spacial score (nSPS) is 8.25. The van der Waals surface area contributed by atoms with E-state index in [1.807, 2.05) is 13.8 Å². The first kappa shape index (κ1) is 10.6. The van der Waals surface area contributed by atoms with Crippen molar-refractivity contribution in [1.29, 1.82) is 0 Å². The van der Waals surface area contributed by atoms with Crippen molar-refractivity contribution < 1.29 is 0 Å². The van der Waals surface area contributed by atoms with Crippen LogP contribution in [0.5, 0.6) is 0 Å². The second kappa shape index (κ2) is 5.23. The van der Waals surface area contributed by atoms with Gasteiger partial charge >= 0.3 is 0 Å². The van der Waals surface area contributed by atoms with E-state index >= 15 is 0 Å². The molecule has 0 saturated heterocycles. The van der Waals surface area contributed by atoms with Gasteiger partial charge in [0.2, 0.25) is 0 Å². The lowest BCUT2D eigenvalue weighted by Gasteiger charge is -1.88. The van der Waals surface area contributed by atoms with Gasteiger partial charge in [0.15, 0.2) is 0 Å². The molecule has 0 saturated carbocycles. The zero-order chi connectivity index (χ0) is 9.56. The topological polar surface area (TPSA) is 43.1 Å². The average molecular weight is 166 g/mol. The molecule has 0 bridgehead atoms. The highest BCUT2D eigenvalue weighted by Crippen LogP contribution is 2.06. The smallest absolute Gasteiger partial charge is 0.228 e. The molecule has 0 amide bonds. The SMILES string of the molecule is C=Cn1nc(C)nc1N=C.CC. The number of hydrogen-bond donors (Lipinski definition) is 0. The fraction of sp³-hybridized carbons (Fsp3) is 0.375. The van der Waals surface area contributed by atoms with E-state index in [0.29, 0.717) is 11.8 Å². The number of nitrogens with zero attached hydrogens (tertiary/aromatic N) is 4. The van der Waals surface area contributed by atoms with Crippen LogP contribution in [0, 0.1) is 6.92 Å². The van der Waals surface area contributed by atoms with E-state index in [-0.39, 0.29) is 0 Å². The van der Waals surface area contributed by atoms with Crippen LogP contribution in [0.4, 0.5) is 5.95 Å². The van der Waals surface area contributed by atoms with Gasteiger partial charge in [-0.25, -0.2) is 9.67 Å². The summed E-state index contributed by atoms with van der Waals surface area (Å²) < 4.78 is 1.47. The minimum atomic E-state index is 0.479. The van der Waals surface area contributed by atoms with E-state index in [2.05, 4.69) is 28.4 Å². The average Bonchev–Trinajstić information content (AvgIpc) is 2.49. The highest BCUT2D eigenvalue weighted by Gasteiger charge is 1.99. The summed E-state index contributed by atoms with van der Waals surface area (Å²) in [6, 6.07) is 0. The maximum atomic E-state index is 3.95. The monoisotopic (exact) mass is 166 g/mol. The van der Waals surface area contributed by atoms with Crippen LogP contribution < -0.4 is 0 Å². The van der Waals surface area contributed by atoms with Crippen molar-refractivity contribution in [3.05, 3.63) is 12.4 Å². The van der Waals surface area contributed by atoms with Gasteiger partial charge in [0, 0.05) is 6.20 Å². The van der Waals surface area contributed by atoms with Crippen LogP contribution in [-0.4, -0.2) is 21.5 Å². The fourth-order valence-corrected chi connectivity index (χ4v) is 0.649. The lowest BCUT2D eigenvalue weighted by molar-refractivity contribution is 0.913. The molecule has 0 aliphatic rings. The number of aromatic nitrogens is 3. The number of aliphatic imine (C=N–C) groups is 1. The van der Waals surface area contributed by atoms with E-state index in [1.165, 1.54) is 10.9 Å². The standard InChI is InChI=1S/C6H8N4.C2H6/c1-4-10-6(7-3)8-5(2)9-10;1-2/h4H,1,3H2,2H3;1-2H3. The molecule has 0 atom stereocenters. The lowest BCUT2D eigenvalue weighted by atomic mass is 10.7. The molecule has 1 heterocycles. The minimum absolute atomic E-state index is 0.479. The Morgan fingerprint density at radius 1 is 1.50 bits per heavy atom. The molecule has 4 heteroatoms. The summed E-state index contributed by atoms with van der Waals surface area (Å²) in [7, 11) is 0. The van der Waals surface area contributed by atoms with Crippen molar-refractivity contribution >= 4 is 18.9 Å². The molecule has 12 heavy (non-hydrogen) atoms. The first-order valence-electron chi connectivity index (χ1n) is 3.80. The van der Waals surface area contributed by atoms with Crippen molar-refractivity contribution in [1.82, 2.24) is 14.8 Å². The Morgan fingerprint density at radius 3 is 2.42 bits per heavy atom. The third-order valence-corrected chi connectivity index (χ3v) is 1.03. The summed E-state index contributed by atoms with van der Waals surface area (Å²) in [5.41, 5.74) is 0. The van der Waals surface area contributed by atoms with Gasteiger partial charge in [-0.05, 0) is 13.6 Å². The second-order valence-electron chi connectivity index (χ2n) is 1.74. The van der Waals surface area contributed by atoms with Gasteiger partial charge in [0.1, 0.15) is 5.82 Å². The summed E-state index contributed by atoms with van der Waals surface area (Å²) >= 11 is 0. The van der Waals surface area contributed by atoms with Gasteiger partial charge in [-0.1, -0.05) is 20.4 Å². The van der Waals surface area contributed by atoms with Crippen LogP contribution in [-0.2, 0) is 0 Å². The predicted octanol–water partition coefficient (Wildman–Crippen LogP) is 2.05. The highest BCUT2D eigenvalue weighted by molar-refractivity contribution is 5.38. The Morgan fingerprint density at radius 2 is 2.08 bits per heavy atom. The summed E-state index contributed by atoms with van der Waals surface area (Å²) in [5.74, 6) is 1.15. The molecule has 0 aromatic carbocycles. The minimum Gasteiger partial charge on any atom is -0.228 e. The molecule has 0 spiro atoms. The molecule has 0 N–H and O–H groups in total. The highest BCUT2D eigenvalue weighted by atomic mass is 15.4. The molecule has 1 aromatic heterocycles. The van der Waals surface area contributed by atoms with Crippen molar-refractivity contribution in [2.45, 2.75) is 20.8 Å². The van der Waals surface area contributed by atoms with Gasteiger partial charge in [0.25, 0.3) is 5.95 Å². The largest absolute Gasteiger partial charge is 0.251 e. The maximum Gasteiger partial charge on any atom is 0.251 e. The lowest BCUT2D eigenvalue weighted by Crippen LogP contribution is -1.86. The summed E-state index contributed by atoms with van der Waals surface area (Å²) in [6.45, 7) is 12.6. The van der Waals surface area contributed by atoms with E-state index in [0.717, 1.165) is 0 Å². The summed E-state index contributed by atoms with van der Waals surface area (Å²) in [6.07, 6.45) is 1.53. The molecule has 1 rings (SSSR count). The van der Waals surface area contributed by atoms with Gasteiger partial charge < -0.3 is 0 Å². The van der Waals surface area contributed by atoms with E-state index in [1.54, 1.807) is 6.92 Å². The molecule has 0 radical (unpaired) electrons. The van der Waals surface area contributed by atoms with Crippen LogP contribution in [0.15, 0.2) is 11.6 Å². The Bertz CT molecular complexity index is 237. The quantitative estimate of drug-likeness (QED) is 0.631. The van der Waals surface area contributed by atoms with Gasteiger partial charge in [-0.3, -0.25) is 0 Å². The van der Waals surface area contributed by atoms with Crippen molar-refractivity contribution in [3.8, 4) is 0 Å². The molecule has 0 aliphatic heterocycles. The number of hydrogen-bond acceptors (Lipinski definition) is 3. The van der Waals surface area contributed by atoms with Gasteiger partial charge in [-0.2, -0.15) is 10.1 Å². The molecular formula is C8H14N4. The summed E-state index contributed by atoms with van der Waals surface area (Å²) in [5, 5.41) is 3.95. The first-order chi connectivity index (χ1) is 5.77. The van der Waals surface area contributed by atoms with Crippen LogP contribution in [0.1, 0.15) is 19.7 Å². The fourth-order valence-electron chi connectivity index (χ4n) is 0.649. The van der Waals surface area contributed by atoms with Crippen molar-refractivity contribution in [3.63, 3.8) is 0 Å². The summed E-state index contributed by atoms with van der Waals surface area (Å²) in [4.78, 5) is 7.58. The number of rotatable bonds is 2. The molecule has 66 valence electrons. The molecular weight excluding hydrogens is 152 g/mol. The Labute approximate surface area is 72.7 Å². The molecule has 4 nitrogen and oxygen atoms in total. The third-order valence-electron chi connectivity index (χ3n) is 1.03. The third kappa shape index (κ3) is 2.30. The molecule has 1 aromatic rings. The zero-order valence-corrected chi connectivity index (χ0v) is 7.78. The molecule has 0 unspecified atom stereocenters. The van der Waals surface area contributed by atoms with E-state index < -0.39 is 0 Å². The van der Waals surface area contributed by atoms with Crippen LogP contribution in [0.25, 0.3) is 6.20 Å². The zero-order valence-electron chi connectivity index (χ0n) is 7.78. The van der Waals surface area contributed by atoms with Crippen molar-refractivity contribution in [2.24, 2.45) is 4.99 Å². The Kier molecular flexibility index (Phi) is 4.60. The van der Waals surface area contributed by atoms with Crippen LogP contribution in [0.3, 0.4) is 0 Å². The molecule has 0 fully saturated rings.